The number of hydrogen-bond donors (Lipinski definition) is 1. The lowest BCUT2D eigenvalue weighted by atomic mass is 10.0. The number of nitrogens with one attached hydrogen (secondary N) is 1. The minimum atomic E-state index is -3.32. The number of aromatic amines is 1. The first-order chi connectivity index (χ1) is 14.1. The second-order valence-electron chi connectivity index (χ2n) is 7.15. The van der Waals surface area contributed by atoms with Crippen LogP contribution in [0.2, 0.25) is 5.02 Å². The molecular formula is C20H14ClF2N3O3S. The minimum Gasteiger partial charge on any atom is -0.364 e. The number of fused-ring (bicyclic) bond motifs is 1. The number of sulfone groups is 1. The van der Waals surface area contributed by atoms with Gasteiger partial charge in [0.05, 0.1) is 33.5 Å². The van der Waals surface area contributed by atoms with Gasteiger partial charge in [0.1, 0.15) is 5.69 Å². The summed E-state index contributed by atoms with van der Waals surface area (Å²) < 4.78 is 53.0. The highest BCUT2D eigenvalue weighted by molar-refractivity contribution is 7.91. The Morgan fingerprint density at radius 2 is 1.93 bits per heavy atom. The van der Waals surface area contributed by atoms with Gasteiger partial charge in [0.15, 0.2) is 26.9 Å². The molecule has 0 radical (unpaired) electrons. The van der Waals surface area contributed by atoms with Crippen molar-refractivity contribution in [1.29, 1.82) is 5.26 Å². The number of pyridine rings is 1. The third-order valence-electron chi connectivity index (χ3n) is 5.14. The van der Waals surface area contributed by atoms with Crippen LogP contribution < -0.4 is 10.3 Å². The summed E-state index contributed by atoms with van der Waals surface area (Å²) in [6, 6.07) is 8.55. The molecule has 1 saturated heterocycles. The van der Waals surface area contributed by atoms with Crippen LogP contribution in [-0.2, 0) is 9.84 Å². The van der Waals surface area contributed by atoms with E-state index < -0.39 is 37.8 Å². The Bertz CT molecular complexity index is 1410. The third-order valence-corrected chi connectivity index (χ3v) is 6.98. The Kier molecular flexibility index (Phi) is 4.79. The van der Waals surface area contributed by atoms with Crippen molar-refractivity contribution in [3.05, 3.63) is 62.8 Å². The largest absolute Gasteiger partial charge is 0.364 e. The van der Waals surface area contributed by atoms with Crippen LogP contribution >= 0.6 is 11.6 Å². The lowest BCUT2D eigenvalue weighted by Crippen LogP contribution is -2.55. The first-order valence-electron chi connectivity index (χ1n) is 8.79. The van der Waals surface area contributed by atoms with Gasteiger partial charge in [-0.3, -0.25) is 4.79 Å². The highest BCUT2D eigenvalue weighted by Crippen LogP contribution is 2.34. The number of aromatic nitrogens is 1. The van der Waals surface area contributed by atoms with Crippen LogP contribution in [0.5, 0.6) is 0 Å². The maximum Gasteiger partial charge on any atom is 0.193 e. The average Bonchev–Trinajstić information content (AvgIpc) is 2.61. The van der Waals surface area contributed by atoms with Crippen LogP contribution in [-0.4, -0.2) is 38.0 Å². The maximum absolute atomic E-state index is 15.1. The van der Waals surface area contributed by atoms with Gasteiger partial charge in [-0.15, -0.1) is 0 Å². The smallest absolute Gasteiger partial charge is 0.193 e. The topological polar surface area (TPSA) is 94.0 Å². The zero-order chi connectivity index (χ0) is 21.8. The van der Waals surface area contributed by atoms with E-state index in [0.717, 1.165) is 18.4 Å². The summed E-state index contributed by atoms with van der Waals surface area (Å²) in [6.07, 6.45) is 1.07. The molecule has 1 aromatic heterocycles. The molecule has 4 rings (SSSR count). The van der Waals surface area contributed by atoms with Gasteiger partial charge in [-0.25, -0.2) is 17.2 Å². The molecule has 0 bridgehead atoms. The first-order valence-corrected chi connectivity index (χ1v) is 11.1. The molecule has 1 N–H and O–H groups in total. The number of anilines is 1. The second-order valence-corrected chi connectivity index (χ2v) is 9.89. The maximum atomic E-state index is 15.1. The zero-order valence-electron chi connectivity index (χ0n) is 15.5. The molecule has 3 aromatic rings. The molecule has 1 fully saturated rings. The van der Waals surface area contributed by atoms with Gasteiger partial charge in [0.2, 0.25) is 0 Å². The molecule has 30 heavy (non-hydrogen) atoms. The predicted octanol–water partition coefficient (Wildman–Crippen LogP) is 3.23. The summed E-state index contributed by atoms with van der Waals surface area (Å²) in [7, 11) is -3.32. The number of hydrogen-bond acceptors (Lipinski definition) is 5. The van der Waals surface area contributed by atoms with Gasteiger partial charge in [0.25, 0.3) is 0 Å². The summed E-state index contributed by atoms with van der Waals surface area (Å²) in [6.45, 7) is -0.102. The number of rotatable bonds is 3. The molecule has 0 aliphatic carbocycles. The van der Waals surface area contributed by atoms with Crippen molar-refractivity contribution >= 4 is 38.0 Å². The molecule has 0 spiro atoms. The Labute approximate surface area is 175 Å². The van der Waals surface area contributed by atoms with Gasteiger partial charge >= 0.3 is 0 Å². The van der Waals surface area contributed by atoms with Crippen molar-refractivity contribution in [1.82, 2.24) is 4.98 Å². The van der Waals surface area contributed by atoms with Gasteiger partial charge in [0, 0.05) is 42.1 Å². The van der Waals surface area contributed by atoms with E-state index in [-0.39, 0.29) is 34.7 Å². The number of nitriles is 1. The highest BCUT2D eigenvalue weighted by Gasteiger charge is 2.37. The van der Waals surface area contributed by atoms with E-state index >= 15 is 4.39 Å². The standard InChI is InChI=1S/C20H14ClF2N3O3S/c1-30(28,29)11-8-26(9-11)20-14(22)5-16-18(19(20)23)17(27)6-15(25-16)12-4-10(7-24)2-3-13(12)21/h2-6,11H,8-9H2,1H3,(H,25,27). The van der Waals surface area contributed by atoms with Gasteiger partial charge in [-0.05, 0) is 18.2 Å². The molecule has 154 valence electrons. The Morgan fingerprint density at radius 3 is 2.57 bits per heavy atom. The molecule has 0 saturated carbocycles. The van der Waals surface area contributed by atoms with E-state index in [9.17, 15) is 17.6 Å². The van der Waals surface area contributed by atoms with E-state index in [1.807, 2.05) is 6.07 Å². The number of H-pyrrole nitrogens is 1. The third kappa shape index (κ3) is 3.32. The predicted molar refractivity (Wildman–Crippen MR) is 110 cm³/mol. The molecule has 10 heteroatoms. The fourth-order valence-electron chi connectivity index (χ4n) is 3.46. The number of nitrogens with zero attached hydrogens (tertiary/aromatic N) is 2. The number of halogens is 3. The molecule has 2 heterocycles. The van der Waals surface area contributed by atoms with E-state index in [1.54, 1.807) is 0 Å². The van der Waals surface area contributed by atoms with Crippen molar-refractivity contribution < 1.29 is 17.2 Å². The lowest BCUT2D eigenvalue weighted by molar-refractivity contribution is 0.520. The van der Waals surface area contributed by atoms with Crippen LogP contribution in [0.4, 0.5) is 14.5 Å². The zero-order valence-corrected chi connectivity index (χ0v) is 17.1. The second kappa shape index (κ2) is 7.07. The molecule has 0 amide bonds. The van der Waals surface area contributed by atoms with Crippen molar-refractivity contribution in [2.45, 2.75) is 5.25 Å². The van der Waals surface area contributed by atoms with Crippen LogP contribution in [0.3, 0.4) is 0 Å². The number of benzene rings is 2. The first kappa shape index (κ1) is 20.3. The summed E-state index contributed by atoms with van der Waals surface area (Å²) in [4.78, 5) is 16.7. The van der Waals surface area contributed by atoms with Gasteiger partial charge < -0.3 is 9.88 Å². The Balaban J connectivity index is 1.84. The summed E-state index contributed by atoms with van der Waals surface area (Å²) in [5.74, 6) is -1.97. The van der Waals surface area contributed by atoms with Crippen molar-refractivity contribution in [3.63, 3.8) is 0 Å². The molecule has 0 atom stereocenters. The normalized spacial score (nSPS) is 14.6. The Morgan fingerprint density at radius 1 is 1.23 bits per heavy atom. The van der Waals surface area contributed by atoms with Crippen molar-refractivity contribution in [2.75, 3.05) is 24.2 Å². The van der Waals surface area contributed by atoms with E-state index in [0.29, 0.717) is 11.1 Å². The molecule has 1 aliphatic rings. The monoisotopic (exact) mass is 449 g/mol. The summed E-state index contributed by atoms with van der Waals surface area (Å²) in [5.41, 5.74) is -0.335. The summed E-state index contributed by atoms with van der Waals surface area (Å²) in [5, 5.41) is 8.28. The molecule has 1 aliphatic heterocycles. The highest BCUT2D eigenvalue weighted by atomic mass is 35.5. The fourth-order valence-corrected chi connectivity index (χ4v) is 4.58. The van der Waals surface area contributed by atoms with E-state index in [1.165, 1.54) is 23.1 Å². The minimum absolute atomic E-state index is 0.0509. The lowest BCUT2D eigenvalue weighted by Gasteiger charge is -2.40. The van der Waals surface area contributed by atoms with Crippen LogP contribution in [0, 0.1) is 23.0 Å². The van der Waals surface area contributed by atoms with Crippen LogP contribution in [0.25, 0.3) is 22.2 Å². The SMILES string of the molecule is CS(=O)(=O)C1CN(c2c(F)cc3[nH]c(-c4cc(C#N)ccc4Cl)cc(=O)c3c2F)C1. The average molecular weight is 450 g/mol. The van der Waals surface area contributed by atoms with Gasteiger partial charge in [-0.2, -0.15) is 5.26 Å². The summed E-state index contributed by atoms with van der Waals surface area (Å²) >= 11 is 6.16. The van der Waals surface area contributed by atoms with E-state index in [2.05, 4.69) is 4.98 Å². The Hall–Kier alpha value is -2.96. The quantitative estimate of drug-likeness (QED) is 0.662. The van der Waals surface area contributed by atoms with Crippen LogP contribution in [0.15, 0.2) is 35.1 Å². The van der Waals surface area contributed by atoms with Crippen molar-refractivity contribution in [3.8, 4) is 17.3 Å². The molecule has 6 nitrogen and oxygen atoms in total. The van der Waals surface area contributed by atoms with Crippen LogP contribution in [0.1, 0.15) is 5.56 Å². The molecular weight excluding hydrogens is 436 g/mol. The van der Waals surface area contributed by atoms with Crippen molar-refractivity contribution in [2.24, 2.45) is 0 Å². The van der Waals surface area contributed by atoms with E-state index in [4.69, 9.17) is 16.9 Å². The molecule has 2 aromatic carbocycles. The molecule has 0 unspecified atom stereocenters. The fraction of sp³-hybridized carbons (Fsp3) is 0.200. The van der Waals surface area contributed by atoms with Gasteiger partial charge in [-0.1, -0.05) is 11.6 Å².